The average molecular weight is 269 g/mol. The average Bonchev–Trinajstić information content (AvgIpc) is 2.72. The molecule has 1 aromatic carbocycles. The van der Waals surface area contributed by atoms with Crippen molar-refractivity contribution in [1.29, 1.82) is 0 Å². The number of rotatable bonds is 5. The summed E-state index contributed by atoms with van der Waals surface area (Å²) in [5, 5.41) is 3.34. The van der Waals surface area contributed by atoms with Gasteiger partial charge < -0.3 is 10.1 Å². The molecule has 106 valence electrons. The Bertz CT molecular complexity index is 438. The van der Waals surface area contributed by atoms with E-state index in [1.165, 1.54) is 6.07 Å². The summed E-state index contributed by atoms with van der Waals surface area (Å²) in [4.78, 5) is 0. The van der Waals surface area contributed by atoms with E-state index in [9.17, 15) is 8.78 Å². The molecule has 1 heterocycles. The molecule has 0 bridgehead atoms. The van der Waals surface area contributed by atoms with Gasteiger partial charge >= 0.3 is 0 Å². The van der Waals surface area contributed by atoms with Crippen LogP contribution in [-0.4, -0.2) is 25.8 Å². The molecule has 1 aromatic rings. The van der Waals surface area contributed by atoms with E-state index < -0.39 is 11.6 Å². The van der Waals surface area contributed by atoms with Crippen molar-refractivity contribution < 1.29 is 13.5 Å². The summed E-state index contributed by atoms with van der Waals surface area (Å²) in [6.45, 7) is 6.45. The van der Waals surface area contributed by atoms with E-state index in [0.717, 1.165) is 25.6 Å². The third-order valence-corrected chi connectivity index (χ3v) is 4.11. The maximum atomic E-state index is 13.8. The largest absolute Gasteiger partial charge is 0.378 e. The van der Waals surface area contributed by atoms with Crippen molar-refractivity contribution >= 4 is 0 Å². The molecule has 0 saturated carbocycles. The summed E-state index contributed by atoms with van der Waals surface area (Å²) < 4.78 is 32.4. The van der Waals surface area contributed by atoms with Crippen LogP contribution in [0.5, 0.6) is 0 Å². The fraction of sp³-hybridized carbons (Fsp3) is 0.600. The highest BCUT2D eigenvalue weighted by atomic mass is 19.1. The molecule has 0 aliphatic carbocycles. The van der Waals surface area contributed by atoms with Gasteiger partial charge in [0.25, 0.3) is 0 Å². The monoisotopic (exact) mass is 269 g/mol. The molecular formula is C15H21F2NO. The first-order valence-electron chi connectivity index (χ1n) is 6.83. The summed E-state index contributed by atoms with van der Waals surface area (Å²) >= 11 is 0. The van der Waals surface area contributed by atoms with Gasteiger partial charge in [0.15, 0.2) is 0 Å². The molecule has 2 atom stereocenters. The first-order chi connectivity index (χ1) is 9.07. The number of nitrogens with one attached hydrogen (secondary N) is 1. The van der Waals surface area contributed by atoms with Crippen molar-refractivity contribution in [1.82, 2.24) is 5.32 Å². The van der Waals surface area contributed by atoms with Gasteiger partial charge in [-0.15, -0.1) is 0 Å². The zero-order valence-electron chi connectivity index (χ0n) is 11.5. The molecule has 0 amide bonds. The van der Waals surface area contributed by atoms with Crippen molar-refractivity contribution in [3.8, 4) is 0 Å². The van der Waals surface area contributed by atoms with Gasteiger partial charge in [0, 0.05) is 24.6 Å². The zero-order valence-corrected chi connectivity index (χ0v) is 11.5. The quantitative estimate of drug-likeness (QED) is 0.887. The van der Waals surface area contributed by atoms with Gasteiger partial charge in [-0.1, -0.05) is 13.0 Å². The highest BCUT2D eigenvalue weighted by molar-refractivity contribution is 5.21. The Morgan fingerprint density at radius 2 is 2.21 bits per heavy atom. The van der Waals surface area contributed by atoms with Crippen molar-refractivity contribution in [2.24, 2.45) is 5.41 Å². The van der Waals surface area contributed by atoms with Crippen LogP contribution < -0.4 is 5.32 Å². The summed E-state index contributed by atoms with van der Waals surface area (Å²) in [5.74, 6) is -0.993. The van der Waals surface area contributed by atoms with E-state index in [1.54, 1.807) is 6.07 Å². The smallest absolute Gasteiger partial charge is 0.129 e. The molecule has 1 N–H and O–H groups in total. The highest BCUT2D eigenvalue weighted by Crippen LogP contribution is 2.38. The number of ether oxygens (including phenoxy) is 1. The van der Waals surface area contributed by atoms with Crippen LogP contribution in [0.2, 0.25) is 0 Å². The predicted octanol–water partition coefficient (Wildman–Crippen LogP) is 2.91. The van der Waals surface area contributed by atoms with Crippen LogP contribution in [0, 0.1) is 17.0 Å². The third-order valence-electron chi connectivity index (χ3n) is 4.11. The van der Waals surface area contributed by atoms with Gasteiger partial charge in [-0.25, -0.2) is 8.78 Å². The predicted molar refractivity (Wildman–Crippen MR) is 71.1 cm³/mol. The molecule has 1 fully saturated rings. The summed E-state index contributed by atoms with van der Waals surface area (Å²) in [6, 6.07) is 3.82. The van der Waals surface area contributed by atoms with E-state index in [-0.39, 0.29) is 11.5 Å². The summed E-state index contributed by atoms with van der Waals surface area (Å²) in [6.07, 6.45) is 1.56. The molecule has 0 radical (unpaired) electrons. The first kappa shape index (κ1) is 14.4. The van der Waals surface area contributed by atoms with Gasteiger partial charge in [-0.3, -0.25) is 0 Å². The summed E-state index contributed by atoms with van der Waals surface area (Å²) in [5.41, 5.74) is 0.464. The minimum atomic E-state index is -0.530. The van der Waals surface area contributed by atoms with Crippen LogP contribution in [0.15, 0.2) is 18.2 Å². The SMILES string of the molecule is CCNCC1(Cc2ccc(F)cc2F)CCOC1C. The number of halogens is 2. The molecule has 1 saturated heterocycles. The van der Waals surface area contributed by atoms with E-state index in [1.807, 2.05) is 13.8 Å². The number of hydrogen-bond donors (Lipinski definition) is 1. The van der Waals surface area contributed by atoms with Crippen molar-refractivity contribution in [2.75, 3.05) is 19.7 Å². The molecule has 2 unspecified atom stereocenters. The van der Waals surface area contributed by atoms with Crippen LogP contribution in [-0.2, 0) is 11.2 Å². The lowest BCUT2D eigenvalue weighted by atomic mass is 9.76. The minimum absolute atomic E-state index is 0.0796. The van der Waals surface area contributed by atoms with Gasteiger partial charge in [0.1, 0.15) is 11.6 Å². The fourth-order valence-corrected chi connectivity index (χ4v) is 2.76. The van der Waals surface area contributed by atoms with Crippen LogP contribution in [0.4, 0.5) is 8.78 Å². The lowest BCUT2D eigenvalue weighted by Gasteiger charge is -2.32. The fourth-order valence-electron chi connectivity index (χ4n) is 2.76. The topological polar surface area (TPSA) is 21.3 Å². The Balaban J connectivity index is 2.20. The van der Waals surface area contributed by atoms with Gasteiger partial charge in [0.05, 0.1) is 6.10 Å². The lowest BCUT2D eigenvalue weighted by Crippen LogP contribution is -2.41. The maximum Gasteiger partial charge on any atom is 0.129 e. The molecule has 0 aromatic heterocycles. The van der Waals surface area contributed by atoms with Crippen LogP contribution in [0.25, 0.3) is 0 Å². The van der Waals surface area contributed by atoms with E-state index in [4.69, 9.17) is 4.74 Å². The zero-order chi connectivity index (χ0) is 13.9. The molecule has 2 rings (SSSR count). The highest BCUT2D eigenvalue weighted by Gasteiger charge is 2.41. The second kappa shape index (κ2) is 5.97. The molecule has 0 spiro atoms. The van der Waals surface area contributed by atoms with Gasteiger partial charge in [-0.2, -0.15) is 0 Å². The Hall–Kier alpha value is -1.00. The normalized spacial score (nSPS) is 26.8. The minimum Gasteiger partial charge on any atom is -0.378 e. The van der Waals surface area contributed by atoms with Gasteiger partial charge in [0.2, 0.25) is 0 Å². The molecule has 1 aliphatic rings. The molecule has 1 aliphatic heterocycles. The molecule has 2 nitrogen and oxygen atoms in total. The maximum absolute atomic E-state index is 13.8. The van der Waals surface area contributed by atoms with E-state index >= 15 is 0 Å². The van der Waals surface area contributed by atoms with Crippen LogP contribution >= 0.6 is 0 Å². The standard InChI is InChI=1S/C15H21F2NO/c1-3-18-10-15(6-7-19-11(15)2)9-12-4-5-13(16)8-14(12)17/h4-5,8,11,18H,3,6-7,9-10H2,1-2H3. The van der Waals surface area contributed by atoms with E-state index in [2.05, 4.69) is 5.32 Å². The Morgan fingerprint density at radius 3 is 2.79 bits per heavy atom. The van der Waals surface area contributed by atoms with Crippen molar-refractivity contribution in [3.05, 3.63) is 35.4 Å². The third kappa shape index (κ3) is 3.12. The lowest BCUT2D eigenvalue weighted by molar-refractivity contribution is 0.0629. The molecule has 4 heteroatoms. The summed E-state index contributed by atoms with van der Waals surface area (Å²) in [7, 11) is 0. The second-order valence-electron chi connectivity index (χ2n) is 5.32. The Labute approximate surface area is 113 Å². The second-order valence-corrected chi connectivity index (χ2v) is 5.32. The van der Waals surface area contributed by atoms with Crippen LogP contribution in [0.3, 0.4) is 0 Å². The van der Waals surface area contributed by atoms with Crippen LogP contribution in [0.1, 0.15) is 25.8 Å². The van der Waals surface area contributed by atoms with Crippen molar-refractivity contribution in [3.63, 3.8) is 0 Å². The first-order valence-corrected chi connectivity index (χ1v) is 6.83. The van der Waals surface area contributed by atoms with Crippen molar-refractivity contribution in [2.45, 2.75) is 32.8 Å². The Kier molecular flexibility index (Phi) is 4.53. The molecule has 19 heavy (non-hydrogen) atoms. The van der Waals surface area contributed by atoms with Gasteiger partial charge in [-0.05, 0) is 37.9 Å². The van der Waals surface area contributed by atoms with E-state index in [0.29, 0.717) is 18.6 Å². The number of hydrogen-bond acceptors (Lipinski definition) is 2. The number of benzene rings is 1. The Morgan fingerprint density at radius 1 is 1.42 bits per heavy atom. The molecular weight excluding hydrogens is 248 g/mol.